The highest BCUT2D eigenvalue weighted by Crippen LogP contribution is 2.27. The Morgan fingerprint density at radius 2 is 0.681 bits per heavy atom. The van der Waals surface area contributed by atoms with Crippen molar-refractivity contribution in [1.29, 1.82) is 0 Å². The van der Waals surface area contributed by atoms with Gasteiger partial charge in [0.15, 0.2) is 35.7 Å². The summed E-state index contributed by atoms with van der Waals surface area (Å²) in [6, 6.07) is 75.2. The minimum atomic E-state index is 1.26. The summed E-state index contributed by atoms with van der Waals surface area (Å²) < 4.78 is 13.3. The van der Waals surface area contributed by atoms with Crippen LogP contribution in [0, 0.1) is 111 Å². The summed E-state index contributed by atoms with van der Waals surface area (Å²) in [6.07, 6.45) is 6.35. The smallest absolute Gasteiger partial charge is 0.201 e. The van der Waals surface area contributed by atoms with E-state index in [4.69, 9.17) is 0 Å². The normalized spacial score (nSPS) is 10.4. The predicted molar refractivity (Wildman–Crippen MR) is 394 cm³/mol. The third-order valence-electron chi connectivity index (χ3n) is 18.5. The number of rotatable bonds is 6. The summed E-state index contributed by atoms with van der Waals surface area (Å²) in [6.45, 7) is 34.5. The molecule has 0 saturated heterocycles. The molecule has 6 aromatic heterocycles. The molecule has 0 spiro atoms. The summed E-state index contributed by atoms with van der Waals surface area (Å²) in [7, 11) is 12.6. The molecule has 0 saturated carbocycles. The molecule has 0 unspecified atom stereocenters. The van der Waals surface area contributed by atoms with Crippen molar-refractivity contribution < 1.29 is 27.4 Å². The maximum Gasteiger partial charge on any atom is 0.215 e. The second-order valence-electron chi connectivity index (χ2n) is 25.6. The van der Waals surface area contributed by atoms with Crippen molar-refractivity contribution in [2.45, 2.75) is 111 Å². The molecule has 6 heterocycles. The maximum absolute atomic E-state index is 2.26. The average Bonchev–Trinajstić information content (AvgIpc) is 0.865. The Balaban J connectivity index is 0.000000160. The van der Waals surface area contributed by atoms with Crippen LogP contribution in [0.25, 0.3) is 67.5 Å². The van der Waals surface area contributed by atoms with Gasteiger partial charge < -0.3 is 0 Å². The molecular weight excluding hydrogens is 1140 g/mol. The molecule has 0 bridgehead atoms. The summed E-state index contributed by atoms with van der Waals surface area (Å²) in [5.74, 6) is 0. The summed E-state index contributed by atoms with van der Waals surface area (Å²) >= 11 is 0. The molecule has 0 aliphatic rings. The Morgan fingerprint density at radius 1 is 0.223 bits per heavy atom. The van der Waals surface area contributed by atoms with Crippen LogP contribution in [0.3, 0.4) is 0 Å². The molecule has 94 heavy (non-hydrogen) atoms. The first kappa shape index (κ1) is 71.7. The van der Waals surface area contributed by atoms with E-state index in [1.807, 2.05) is 6.07 Å². The molecule has 6 nitrogen and oxygen atoms in total. The molecule has 12 aromatic rings. The topological polar surface area (TPSA) is 23.3 Å². The molecular formula is C88H104N6+6. The predicted octanol–water partition coefficient (Wildman–Crippen LogP) is 18.0. The molecule has 0 atom stereocenters. The number of pyridine rings is 6. The van der Waals surface area contributed by atoms with Crippen LogP contribution in [0.15, 0.2) is 231 Å². The molecule has 12 rings (SSSR count). The van der Waals surface area contributed by atoms with E-state index in [1.54, 1.807) is 0 Å². The van der Waals surface area contributed by atoms with Crippen molar-refractivity contribution in [1.82, 2.24) is 0 Å². The van der Waals surface area contributed by atoms with Crippen LogP contribution in [0.5, 0.6) is 0 Å². The number of hydrogen-bond acceptors (Lipinski definition) is 0. The van der Waals surface area contributed by atoms with Gasteiger partial charge >= 0.3 is 0 Å². The van der Waals surface area contributed by atoms with Gasteiger partial charge in [-0.25, -0.2) is 13.7 Å². The van der Waals surface area contributed by atoms with Gasteiger partial charge in [-0.15, -0.1) is 0 Å². The van der Waals surface area contributed by atoms with Gasteiger partial charge in [-0.05, 0) is 201 Å². The molecule has 0 fully saturated rings. The molecule has 6 heteroatoms. The fraction of sp³-hybridized carbons (Fsp3) is 0.250. The minimum Gasteiger partial charge on any atom is -0.201 e. The van der Waals surface area contributed by atoms with Crippen LogP contribution in [-0.2, 0) is 42.3 Å². The standard InChI is InChI=1S/4C15H18N.2C14H16N/c1-11-9-13(3)16(4)15(10-11)14-8-6-5-7-12(14)2;1-11-7-5-6-8-14(11)15-9-12(2)13(3)10-16(15)4;1-11-9-10-15(16(4)13(11)3)14-8-6-5-7-12(14)2;1-11-7-5-6-8-14(11)15-12(2)9-10-13(3)16(15)4;1-11-7-6-8-13(12(11)2)14-9-4-5-10-15(14)3;1-11-7-8-13(12(2)10-11)14-6-4-5-9-15(14)3/h4*5-10H,1-4H3;2*4-10H,1-3H3/q6*+1. The Kier molecular flexibility index (Phi) is 25.3. The Labute approximate surface area is 565 Å². The van der Waals surface area contributed by atoms with Gasteiger partial charge in [0.05, 0.1) is 0 Å². The first-order valence-corrected chi connectivity index (χ1v) is 32.9. The summed E-state index contributed by atoms with van der Waals surface area (Å²) in [5.41, 5.74) is 36.8. The van der Waals surface area contributed by atoms with Crippen molar-refractivity contribution in [3.05, 3.63) is 320 Å². The second-order valence-corrected chi connectivity index (χ2v) is 25.6. The van der Waals surface area contributed by atoms with Gasteiger partial charge in [-0.3, -0.25) is 0 Å². The molecule has 0 aliphatic carbocycles. The largest absolute Gasteiger partial charge is 0.215 e. The zero-order valence-electron chi connectivity index (χ0n) is 60.6. The SMILES string of the molecule is Cc1cc(-c2ccccc2C)[n+](C)cc1C.Cc1cc(C)[n+](C)c(-c2ccccc2C)c1.Cc1ccc(-c2cccc[n+]2C)c(C)c1.Cc1cccc(-c2cccc[n+]2C)c1C.Cc1ccccc1-c1c(C)ccc(C)[n+]1C.Cc1ccccc1-c1ccc(C)c(C)[n+]1C. The lowest BCUT2D eigenvalue weighted by Crippen LogP contribution is -2.35. The number of benzene rings is 6. The van der Waals surface area contributed by atoms with Gasteiger partial charge in [0.25, 0.3) is 0 Å². The number of hydrogen-bond donors (Lipinski definition) is 0. The van der Waals surface area contributed by atoms with Crippen LogP contribution in [0.4, 0.5) is 0 Å². The van der Waals surface area contributed by atoms with Gasteiger partial charge in [-0.1, -0.05) is 103 Å². The van der Waals surface area contributed by atoms with E-state index in [0.717, 1.165) is 0 Å². The van der Waals surface area contributed by atoms with Crippen LogP contribution in [-0.4, -0.2) is 0 Å². The third kappa shape index (κ3) is 18.1. The van der Waals surface area contributed by atoms with Crippen molar-refractivity contribution >= 4 is 0 Å². The van der Waals surface area contributed by atoms with Crippen molar-refractivity contribution in [3.63, 3.8) is 0 Å². The van der Waals surface area contributed by atoms with Gasteiger partial charge in [0.2, 0.25) is 34.2 Å². The zero-order chi connectivity index (χ0) is 68.5. The van der Waals surface area contributed by atoms with E-state index in [2.05, 4.69) is 405 Å². The lowest BCUT2D eigenvalue weighted by molar-refractivity contribution is -0.667. The molecule has 0 N–H and O–H groups in total. The summed E-state index contributed by atoms with van der Waals surface area (Å²) in [5, 5.41) is 0. The van der Waals surface area contributed by atoms with E-state index in [-0.39, 0.29) is 0 Å². The van der Waals surface area contributed by atoms with Gasteiger partial charge in [0, 0.05) is 125 Å². The fourth-order valence-electron chi connectivity index (χ4n) is 12.0. The van der Waals surface area contributed by atoms with Crippen LogP contribution >= 0.6 is 0 Å². The average molecular weight is 1250 g/mol. The van der Waals surface area contributed by atoms with Crippen molar-refractivity contribution in [3.8, 4) is 67.5 Å². The molecule has 480 valence electrons. The highest BCUT2D eigenvalue weighted by molar-refractivity contribution is 5.66. The van der Waals surface area contributed by atoms with Crippen LogP contribution < -0.4 is 27.4 Å². The van der Waals surface area contributed by atoms with Gasteiger partial charge in [-0.2, -0.15) is 13.7 Å². The molecule has 0 aliphatic heterocycles. The minimum absolute atomic E-state index is 1.26. The van der Waals surface area contributed by atoms with E-state index in [1.165, 1.54) is 157 Å². The van der Waals surface area contributed by atoms with Gasteiger partial charge in [0.1, 0.15) is 42.3 Å². The summed E-state index contributed by atoms with van der Waals surface area (Å²) in [4.78, 5) is 0. The van der Waals surface area contributed by atoms with E-state index in [0.29, 0.717) is 0 Å². The van der Waals surface area contributed by atoms with Crippen molar-refractivity contribution in [2.24, 2.45) is 42.3 Å². The highest BCUT2D eigenvalue weighted by atomic mass is 15.0. The Hall–Kier alpha value is -9.78. The molecule has 0 radical (unpaired) electrons. The quantitative estimate of drug-likeness (QED) is 0.148. The maximum atomic E-state index is 2.26. The first-order chi connectivity index (χ1) is 44.8. The highest BCUT2D eigenvalue weighted by Gasteiger charge is 2.20. The lowest BCUT2D eigenvalue weighted by atomic mass is 10.0. The van der Waals surface area contributed by atoms with E-state index >= 15 is 0 Å². The van der Waals surface area contributed by atoms with Crippen molar-refractivity contribution in [2.75, 3.05) is 0 Å². The molecule has 6 aromatic carbocycles. The first-order valence-electron chi connectivity index (χ1n) is 32.9. The van der Waals surface area contributed by atoms with Crippen LogP contribution in [0.2, 0.25) is 0 Å². The Morgan fingerprint density at radius 3 is 1.21 bits per heavy atom. The van der Waals surface area contributed by atoms with E-state index in [9.17, 15) is 0 Å². The lowest BCUT2D eigenvalue weighted by Gasteiger charge is -2.08. The fourth-order valence-corrected chi connectivity index (χ4v) is 12.0. The van der Waals surface area contributed by atoms with Crippen LogP contribution in [0.1, 0.15) is 89.4 Å². The number of nitrogens with zero attached hydrogens (tertiary/aromatic N) is 6. The molecule has 0 amide bonds. The number of aryl methyl sites for hydroxylation is 17. The Bertz CT molecular complexity index is 4540. The monoisotopic (exact) mass is 1240 g/mol. The van der Waals surface area contributed by atoms with E-state index < -0.39 is 0 Å². The second kappa shape index (κ2) is 33.2. The zero-order valence-corrected chi connectivity index (χ0v) is 60.6. The third-order valence-corrected chi connectivity index (χ3v) is 18.5. The number of aromatic nitrogens is 6.